The second-order valence-electron chi connectivity index (χ2n) is 6.20. The molecule has 1 atom stereocenters. The number of nitrogens with zero attached hydrogens (tertiary/aromatic N) is 3. The van der Waals surface area contributed by atoms with E-state index >= 15 is 0 Å². The van der Waals surface area contributed by atoms with Crippen LogP contribution < -0.4 is 27.2 Å². The molecule has 1 aromatic carbocycles. The van der Waals surface area contributed by atoms with Crippen molar-refractivity contribution in [2.24, 2.45) is 10.9 Å². The molecule has 1 unspecified atom stereocenters. The third-order valence-electron chi connectivity index (χ3n) is 4.14. The fourth-order valence-corrected chi connectivity index (χ4v) is 2.74. The maximum absolute atomic E-state index is 14.4. The molecule has 12 heteroatoms. The van der Waals surface area contributed by atoms with Crippen LogP contribution in [0.15, 0.2) is 66.0 Å². The average Bonchev–Trinajstić information content (AvgIpc) is 2.72. The van der Waals surface area contributed by atoms with Crippen LogP contribution in [-0.2, 0) is 0 Å². The van der Waals surface area contributed by atoms with Crippen LogP contribution in [0.4, 0.5) is 17.6 Å². The second-order valence-corrected chi connectivity index (χ2v) is 6.20. The molecule has 3 rings (SSSR count). The van der Waals surface area contributed by atoms with Crippen molar-refractivity contribution < 1.29 is 27.1 Å². The number of rotatable bonds is 5. The highest BCUT2D eigenvalue weighted by atomic mass is 19.4. The fourth-order valence-electron chi connectivity index (χ4n) is 2.74. The first-order valence-corrected chi connectivity index (χ1v) is 8.66. The molecule has 0 aliphatic rings. The Bertz CT molecular complexity index is 1150. The second kappa shape index (κ2) is 8.73. The van der Waals surface area contributed by atoms with Crippen molar-refractivity contribution in [2.75, 3.05) is 5.84 Å². The molecule has 0 fully saturated rings. The lowest BCUT2D eigenvalue weighted by Crippen LogP contribution is -2.34. The van der Waals surface area contributed by atoms with Gasteiger partial charge in [-0.2, -0.15) is 5.10 Å². The van der Waals surface area contributed by atoms with Gasteiger partial charge in [-0.05, 0) is 42.0 Å². The van der Waals surface area contributed by atoms with Gasteiger partial charge in [0.2, 0.25) is 0 Å². The zero-order valence-corrected chi connectivity index (χ0v) is 15.7. The molecule has 2 heterocycles. The summed E-state index contributed by atoms with van der Waals surface area (Å²) in [6.45, 7) is 0. The van der Waals surface area contributed by atoms with Crippen molar-refractivity contribution in [2.45, 2.75) is 12.4 Å². The molecule has 162 valence electrons. The molecular weight excluding hydrogens is 420 g/mol. The predicted octanol–water partition coefficient (Wildman–Crippen LogP) is 1.93. The predicted molar refractivity (Wildman–Crippen MR) is 101 cm³/mol. The standard InChI is InChI=1S/C19H16F4N6O2/c20-14-2-1-8-26-17(14)16(11-3-5-13(6-4-11)31-19(21,22)23)27-18(30)12-7-9-29(25)15(10-12)28-24/h1-10,16H,24-25H2,(H,27,30)/b28-15-. The summed E-state index contributed by atoms with van der Waals surface area (Å²) in [6.07, 6.45) is -2.19. The Morgan fingerprint density at radius 3 is 2.52 bits per heavy atom. The molecule has 5 N–H and O–H groups in total. The van der Waals surface area contributed by atoms with Crippen molar-refractivity contribution in [3.8, 4) is 5.75 Å². The molecule has 3 aromatic rings. The van der Waals surface area contributed by atoms with Crippen molar-refractivity contribution in [3.05, 3.63) is 89.1 Å². The van der Waals surface area contributed by atoms with Gasteiger partial charge in [-0.15, -0.1) is 13.2 Å². The molecule has 0 saturated carbocycles. The first-order chi connectivity index (χ1) is 14.7. The number of carbonyl (C=O) groups is 1. The quantitative estimate of drug-likeness (QED) is 0.321. The number of alkyl halides is 3. The molecule has 1 amide bonds. The largest absolute Gasteiger partial charge is 0.573 e. The molecule has 2 aromatic heterocycles. The van der Waals surface area contributed by atoms with Crippen molar-refractivity contribution >= 4 is 5.91 Å². The van der Waals surface area contributed by atoms with Crippen LogP contribution in [0.25, 0.3) is 0 Å². The number of carbonyl (C=O) groups excluding carboxylic acids is 1. The van der Waals surface area contributed by atoms with Gasteiger partial charge in [-0.3, -0.25) is 14.5 Å². The van der Waals surface area contributed by atoms with Gasteiger partial charge in [0.25, 0.3) is 5.91 Å². The van der Waals surface area contributed by atoms with Crippen LogP contribution in [0.1, 0.15) is 27.7 Å². The Hall–Kier alpha value is -4.09. The lowest BCUT2D eigenvalue weighted by atomic mass is 10.0. The van der Waals surface area contributed by atoms with E-state index in [2.05, 4.69) is 20.1 Å². The van der Waals surface area contributed by atoms with Crippen molar-refractivity contribution in [1.82, 2.24) is 15.0 Å². The SMILES string of the molecule is N/N=c1/cc(C(=O)NC(c2ccc(OC(F)(F)F)cc2)c2ncccc2F)ccn1N. The van der Waals surface area contributed by atoms with Gasteiger partial charge in [0.05, 0.1) is 6.04 Å². The van der Waals surface area contributed by atoms with E-state index in [1.165, 1.54) is 42.7 Å². The monoisotopic (exact) mass is 436 g/mol. The van der Waals surface area contributed by atoms with E-state index in [1.54, 1.807) is 0 Å². The summed E-state index contributed by atoms with van der Waals surface area (Å²) in [6, 6.07) is 8.72. The zero-order valence-electron chi connectivity index (χ0n) is 15.7. The Morgan fingerprint density at radius 1 is 1.19 bits per heavy atom. The van der Waals surface area contributed by atoms with Crippen LogP contribution in [-0.4, -0.2) is 21.9 Å². The van der Waals surface area contributed by atoms with E-state index in [1.807, 2.05) is 0 Å². The molecule has 0 spiro atoms. The van der Waals surface area contributed by atoms with E-state index in [0.29, 0.717) is 0 Å². The number of ether oxygens (including phenoxy) is 1. The van der Waals surface area contributed by atoms with Crippen LogP contribution >= 0.6 is 0 Å². The van der Waals surface area contributed by atoms with E-state index in [9.17, 15) is 22.4 Å². The minimum atomic E-state index is -4.86. The summed E-state index contributed by atoms with van der Waals surface area (Å²) in [5.41, 5.74) is 0.356. The highest BCUT2D eigenvalue weighted by Gasteiger charge is 2.31. The number of aromatic nitrogens is 2. The van der Waals surface area contributed by atoms with Gasteiger partial charge in [-0.1, -0.05) is 12.1 Å². The Kier molecular flexibility index (Phi) is 6.09. The molecule has 0 saturated heterocycles. The van der Waals surface area contributed by atoms with Crippen molar-refractivity contribution in [1.29, 1.82) is 0 Å². The Labute approximate surface area is 172 Å². The first-order valence-electron chi connectivity index (χ1n) is 8.66. The minimum absolute atomic E-state index is 0.0990. The van der Waals surface area contributed by atoms with Gasteiger partial charge in [0, 0.05) is 18.0 Å². The summed E-state index contributed by atoms with van der Waals surface area (Å²) in [5, 5.41) is 6.05. The zero-order chi connectivity index (χ0) is 22.6. The third kappa shape index (κ3) is 5.29. The normalized spacial score (nSPS) is 13.0. The average molecular weight is 436 g/mol. The smallest absolute Gasteiger partial charge is 0.406 e. The highest BCUT2D eigenvalue weighted by Crippen LogP contribution is 2.27. The number of nitrogens with two attached hydrogens (primary N) is 2. The molecule has 0 bridgehead atoms. The number of nitrogen functional groups attached to an aromatic ring is 1. The number of amides is 1. The lowest BCUT2D eigenvalue weighted by molar-refractivity contribution is -0.274. The van der Waals surface area contributed by atoms with Gasteiger partial charge < -0.3 is 21.7 Å². The first kappa shape index (κ1) is 21.6. The molecule has 0 radical (unpaired) electrons. The summed E-state index contributed by atoms with van der Waals surface area (Å²) in [4.78, 5) is 16.7. The summed E-state index contributed by atoms with van der Waals surface area (Å²) < 4.78 is 56.5. The van der Waals surface area contributed by atoms with E-state index < -0.39 is 29.9 Å². The molecule has 8 nitrogen and oxygen atoms in total. The van der Waals surface area contributed by atoms with Crippen molar-refractivity contribution in [3.63, 3.8) is 0 Å². The number of halogens is 4. The number of nitrogens with one attached hydrogen (secondary N) is 1. The summed E-state index contributed by atoms with van der Waals surface area (Å²) >= 11 is 0. The van der Waals surface area contributed by atoms with E-state index in [0.717, 1.165) is 22.9 Å². The van der Waals surface area contributed by atoms with Crippen LogP contribution in [0.5, 0.6) is 5.75 Å². The topological polar surface area (TPSA) is 121 Å². The third-order valence-corrected chi connectivity index (χ3v) is 4.14. The van der Waals surface area contributed by atoms with E-state index in [4.69, 9.17) is 11.7 Å². The Balaban J connectivity index is 1.96. The van der Waals surface area contributed by atoms with Gasteiger partial charge in [-0.25, -0.2) is 4.39 Å². The molecule has 0 aliphatic carbocycles. The van der Waals surface area contributed by atoms with Gasteiger partial charge in [0.15, 0.2) is 5.49 Å². The van der Waals surface area contributed by atoms with Crippen LogP contribution in [0.2, 0.25) is 0 Å². The van der Waals surface area contributed by atoms with Crippen LogP contribution in [0.3, 0.4) is 0 Å². The Morgan fingerprint density at radius 2 is 1.90 bits per heavy atom. The summed E-state index contributed by atoms with van der Waals surface area (Å²) in [7, 11) is 0. The minimum Gasteiger partial charge on any atom is -0.406 e. The molecule has 0 aliphatic heterocycles. The van der Waals surface area contributed by atoms with Gasteiger partial charge >= 0.3 is 6.36 Å². The fraction of sp³-hybridized carbons (Fsp3) is 0.105. The number of hydrogen-bond donors (Lipinski definition) is 3. The maximum Gasteiger partial charge on any atom is 0.573 e. The number of benzene rings is 1. The molecular formula is C19H16F4N6O2. The number of pyridine rings is 2. The summed E-state index contributed by atoms with van der Waals surface area (Å²) in [5.74, 6) is 9.02. The maximum atomic E-state index is 14.4. The molecule has 31 heavy (non-hydrogen) atoms. The highest BCUT2D eigenvalue weighted by molar-refractivity contribution is 5.94. The van der Waals surface area contributed by atoms with Crippen LogP contribution in [0, 0.1) is 5.82 Å². The van der Waals surface area contributed by atoms with Gasteiger partial charge in [0.1, 0.15) is 17.3 Å². The van der Waals surface area contributed by atoms with E-state index in [-0.39, 0.29) is 22.3 Å². The lowest BCUT2D eigenvalue weighted by Gasteiger charge is -2.20. The number of hydrogen-bond acceptors (Lipinski definition) is 6.